The highest BCUT2D eigenvalue weighted by Crippen LogP contribution is 2.29. The third-order valence-corrected chi connectivity index (χ3v) is 20.8. The number of hydrogen-bond donors (Lipinski definition) is 11. The van der Waals surface area contributed by atoms with Crippen LogP contribution in [0.3, 0.4) is 0 Å². The Bertz CT molecular complexity index is 4680. The van der Waals surface area contributed by atoms with Crippen molar-refractivity contribution in [3.63, 3.8) is 0 Å². The van der Waals surface area contributed by atoms with Gasteiger partial charge >= 0.3 is 6.09 Å². The van der Waals surface area contributed by atoms with Crippen LogP contribution < -0.4 is 66.9 Å². The summed E-state index contributed by atoms with van der Waals surface area (Å²) in [6, 6.07) is 32.3. The normalized spacial score (nSPS) is 10.7. The van der Waals surface area contributed by atoms with Crippen LogP contribution in [0.25, 0.3) is 0 Å². The molecule has 0 fully saturated rings. The summed E-state index contributed by atoms with van der Waals surface area (Å²) in [5.41, 5.74) is 9.21. The molecule has 0 saturated carbocycles. The van der Waals surface area contributed by atoms with Gasteiger partial charge < -0.3 is 30.6 Å². The van der Waals surface area contributed by atoms with Crippen LogP contribution >= 0.6 is 127 Å². The van der Waals surface area contributed by atoms with Crippen molar-refractivity contribution in [3.05, 3.63) is 214 Å². The zero-order valence-corrected chi connectivity index (χ0v) is 73.5. The van der Waals surface area contributed by atoms with E-state index < -0.39 is 17.7 Å². The van der Waals surface area contributed by atoms with E-state index in [1.54, 1.807) is 106 Å². The zero-order valence-electron chi connectivity index (χ0n) is 64.7. The quantitative estimate of drug-likeness (QED) is 0.0147. The van der Waals surface area contributed by atoms with Gasteiger partial charge in [0.2, 0.25) is 11.8 Å². The first-order valence-electron chi connectivity index (χ1n) is 35.5. The number of nitrogens with one attached hydrogen (secondary N) is 10. The number of carbonyl (C=O) groups excluding carboxylic acids is 7. The number of nitrogens with two attached hydrogens (primary N) is 1. The number of aryl methyl sites for hydroxylation is 7. The number of carbonyl (C=O) groups is 7. The fourth-order valence-corrected chi connectivity index (χ4v) is 14.3. The van der Waals surface area contributed by atoms with Crippen LogP contribution in [-0.4, -0.2) is 116 Å². The Balaban J connectivity index is 0.000000247. The minimum atomic E-state index is -0.611. The molecule has 0 bridgehead atoms. The van der Waals surface area contributed by atoms with Gasteiger partial charge in [-0.15, -0.1) is 91.8 Å². The highest BCUT2D eigenvalue weighted by molar-refractivity contribution is 7.17. The number of benzene rings is 4. The van der Waals surface area contributed by atoms with Crippen molar-refractivity contribution in [2.45, 2.75) is 126 Å². The number of halogens is 4. The van der Waals surface area contributed by atoms with Gasteiger partial charge in [-0.1, -0.05) is 92.6 Å². The molecule has 7 heterocycles. The topological polar surface area (TPSA) is 371 Å². The summed E-state index contributed by atoms with van der Waals surface area (Å²) < 4.78 is 16.2. The second-order valence-electron chi connectivity index (χ2n) is 25.2. The number of hydrogen-bond acceptors (Lipinski definition) is 27. The molecule has 616 valence electrons. The van der Waals surface area contributed by atoms with E-state index in [9.17, 15) is 33.6 Å². The van der Waals surface area contributed by atoms with Crippen LogP contribution in [0.5, 0.6) is 11.5 Å². The average Bonchev–Trinajstić information content (AvgIpc) is 1.69. The number of amides is 7. The lowest BCUT2D eigenvalue weighted by Gasteiger charge is -2.20. The van der Waals surface area contributed by atoms with E-state index >= 15 is 0 Å². The van der Waals surface area contributed by atoms with E-state index in [1.807, 2.05) is 108 Å². The first kappa shape index (κ1) is 96.6. The second kappa shape index (κ2) is 52.6. The van der Waals surface area contributed by atoms with E-state index in [0.29, 0.717) is 115 Å². The Morgan fingerprint density at radius 1 is 0.461 bits per heavy atom. The molecule has 0 aliphatic carbocycles. The number of para-hydroxylation sites is 2. The lowest BCUT2D eigenvalue weighted by Crippen LogP contribution is -2.37. The number of aromatic nitrogens is 6. The lowest BCUT2D eigenvalue weighted by molar-refractivity contribution is -0.117. The molecule has 0 spiro atoms. The minimum absolute atomic E-state index is 0. The maximum atomic E-state index is 12.4. The molecule has 11 rings (SSSR count). The highest BCUT2D eigenvalue weighted by Gasteiger charge is 2.22. The zero-order chi connectivity index (χ0) is 82.8. The van der Waals surface area contributed by atoms with Gasteiger partial charge in [0.1, 0.15) is 35.2 Å². The van der Waals surface area contributed by atoms with Crippen LogP contribution in [0.4, 0.5) is 41.3 Å². The van der Waals surface area contributed by atoms with Crippen molar-refractivity contribution in [2.75, 3.05) is 70.1 Å². The third kappa shape index (κ3) is 37.3. The van der Waals surface area contributed by atoms with E-state index in [0.717, 1.165) is 72.5 Å². The van der Waals surface area contributed by atoms with E-state index in [1.165, 1.54) is 79.4 Å². The molecule has 0 unspecified atom stereocenters. The molecule has 7 amide bonds. The molecule has 11 aromatic rings. The van der Waals surface area contributed by atoms with Gasteiger partial charge in [-0.05, 0) is 176 Å². The smallest absolute Gasteiger partial charge is 0.412 e. The van der Waals surface area contributed by atoms with Gasteiger partial charge in [0.15, 0.2) is 30.8 Å². The van der Waals surface area contributed by atoms with Crippen molar-refractivity contribution in [1.29, 1.82) is 0 Å². The number of ether oxygens (including phenoxy) is 3. The summed E-state index contributed by atoms with van der Waals surface area (Å²) in [5.74, 6) is 0.0423. The predicted octanol–water partition coefficient (Wildman–Crippen LogP) is 18.5. The number of unbranched alkanes of at least 4 members (excludes halogenated alkanes) is 2. The number of rotatable bonds is 30. The lowest BCUT2D eigenvalue weighted by atomic mass is 10.0. The molecule has 0 radical (unpaired) electrons. The van der Waals surface area contributed by atoms with Crippen LogP contribution in [0.2, 0.25) is 0 Å². The molecule has 4 aromatic carbocycles. The van der Waals surface area contributed by atoms with E-state index in [2.05, 4.69) is 88.6 Å². The molecule has 0 aliphatic rings. The molecule has 27 nitrogen and oxygen atoms in total. The molecule has 1 atom stereocenters. The number of anilines is 7. The molecule has 38 heteroatoms. The Morgan fingerprint density at radius 2 is 0.878 bits per heavy atom. The standard InChI is InChI=1S/C16H19N3O3S.C14H16ClN3OS.C13H14ClN3O2S.C13H15N3OS.C11H12ClN3O2S2.C10H16N2OS.ClH/c1-10-9-17-14(23-10)19-13(20)11-7-5-6-8-12(11)18-15(21)22-16(2,3)4;1-10-9-16-14(20-10)18-13(19)12-7-3-2-5-11(12)6-4-8-17-15;1-9-8-15-13(20-9)17-12(18)10-4-2-3-5-11(10)19-7-6-16-14;1-9-8-15-13(18-9)16-12(17)11(14)7-10-5-3-2-4-6-10;1-7-6-13-11(19-7)15-10(16)9-8(2-5-18-9)17-4-3-14-12;1-3-4-5-6-9(13)12-10-11-7-8(2)14-10;/h5-9H,1-4H3,(H,18,21)(H,17,19,20);2-3,5,7,9,17H,4,6,8H2,1H3,(H,16,18,19);2-5,8,16H,6-7H2,1H3,(H,15,17,18);2-6,8,11H,7,14H2,1H3,(H,15,16,17);2,5-6,14H,3-4H2,1H3,(H,13,15,16);7H,3-6H2,1-2H3,(H,11,12,13);1H/t;;;11-;;;/m...0.../s1. The third-order valence-electron chi connectivity index (χ3n) is 14.4. The molecular weight excluding hydrogens is 1690 g/mol. The van der Waals surface area contributed by atoms with Gasteiger partial charge in [-0.3, -0.25) is 55.4 Å². The number of nitrogens with zero attached hydrogens (tertiary/aromatic N) is 6. The first-order chi connectivity index (χ1) is 54.7. The summed E-state index contributed by atoms with van der Waals surface area (Å²) >= 11 is 26.1. The van der Waals surface area contributed by atoms with Crippen molar-refractivity contribution in [3.8, 4) is 11.5 Å². The Hall–Kier alpha value is -8.95. The summed E-state index contributed by atoms with van der Waals surface area (Å²) in [4.78, 5) is 123. The summed E-state index contributed by atoms with van der Waals surface area (Å²) in [7, 11) is 0. The van der Waals surface area contributed by atoms with Crippen LogP contribution in [0.15, 0.2) is 152 Å². The Kier molecular flexibility index (Phi) is 44.2. The number of thiazole rings is 6. The van der Waals surface area contributed by atoms with Gasteiger partial charge in [-0.25, -0.2) is 49.2 Å². The van der Waals surface area contributed by atoms with E-state index in [4.69, 9.17) is 55.3 Å². The van der Waals surface area contributed by atoms with Gasteiger partial charge in [0.25, 0.3) is 23.6 Å². The molecular formula is C77H93Cl4N17O10S7. The SMILES string of the molecule is CCCCCC(=O)Nc1ncc(C)s1.Cc1cnc(NC(=O)[C@@H](N)Cc2ccccc2)s1.Cc1cnc(NC(=O)c2ccccc2CCCNCl)s1.Cc1cnc(NC(=O)c2ccccc2NC(=O)OC(C)(C)C)s1.Cc1cnc(NC(=O)c2ccccc2OCCNCl)s1.Cc1cnc(NC(=O)c2sccc2OCCNCl)s1.Cl. The molecule has 0 aliphatic heterocycles. The maximum absolute atomic E-state index is 12.4. The summed E-state index contributed by atoms with van der Waals surface area (Å²) in [6.07, 6.45) is 15.8. The monoisotopic (exact) mass is 1780 g/mol. The second-order valence-corrected chi connectivity index (χ2v) is 34.3. The van der Waals surface area contributed by atoms with Gasteiger partial charge in [-0.2, -0.15) is 0 Å². The van der Waals surface area contributed by atoms with Crippen LogP contribution in [0, 0.1) is 41.5 Å². The van der Waals surface area contributed by atoms with E-state index in [-0.39, 0.29) is 47.9 Å². The molecule has 115 heavy (non-hydrogen) atoms. The summed E-state index contributed by atoms with van der Waals surface area (Å²) in [5, 5.41) is 24.6. The summed E-state index contributed by atoms with van der Waals surface area (Å²) in [6.45, 7) is 21.6. The number of thiophene rings is 1. The minimum Gasteiger partial charge on any atom is -0.491 e. The van der Waals surface area contributed by atoms with Crippen molar-refractivity contribution in [2.24, 2.45) is 5.73 Å². The molecule has 7 aromatic heterocycles. The van der Waals surface area contributed by atoms with Crippen LogP contribution in [-0.2, 0) is 27.2 Å². The fraction of sp³-hybridized carbons (Fsp3) is 0.312. The first-order valence-corrected chi connectivity index (χ1v) is 42.4. The highest BCUT2D eigenvalue weighted by atomic mass is 35.5. The van der Waals surface area contributed by atoms with Crippen molar-refractivity contribution < 1.29 is 47.8 Å². The van der Waals surface area contributed by atoms with Gasteiger partial charge in [0.05, 0.1) is 22.9 Å². The fourth-order valence-electron chi connectivity index (χ4n) is 9.26. The Labute approximate surface area is 718 Å². The Morgan fingerprint density at radius 3 is 1.36 bits per heavy atom. The largest absolute Gasteiger partial charge is 0.491 e. The van der Waals surface area contributed by atoms with Gasteiger partial charge in [0, 0.05) is 98.1 Å². The van der Waals surface area contributed by atoms with Crippen molar-refractivity contribution >= 4 is 205 Å². The van der Waals surface area contributed by atoms with Crippen molar-refractivity contribution in [1.82, 2.24) is 44.4 Å². The maximum Gasteiger partial charge on any atom is 0.412 e. The van der Waals surface area contributed by atoms with Crippen LogP contribution in [0.1, 0.15) is 141 Å². The average molecular weight is 1780 g/mol. The molecule has 0 saturated heterocycles. The predicted molar refractivity (Wildman–Crippen MR) is 474 cm³/mol. The molecule has 12 N–H and O–H groups in total.